The molecule has 0 fully saturated rings. The Labute approximate surface area is 104 Å². The number of ether oxygens (including phenoxy) is 1. The first-order valence-corrected chi connectivity index (χ1v) is 6.04. The number of hydrogen-bond donors (Lipinski definition) is 1. The first-order chi connectivity index (χ1) is 7.93. The van der Waals surface area contributed by atoms with Crippen LogP contribution in [0.3, 0.4) is 0 Å². The van der Waals surface area contributed by atoms with Gasteiger partial charge in [0.2, 0.25) is 0 Å². The Kier molecular flexibility index (Phi) is 4.76. The van der Waals surface area contributed by atoms with Crippen LogP contribution in [0.5, 0.6) is 5.75 Å². The molecule has 0 saturated carbocycles. The van der Waals surface area contributed by atoms with Gasteiger partial charge in [-0.3, -0.25) is 0 Å². The summed E-state index contributed by atoms with van der Waals surface area (Å²) in [6, 6.07) is 8.02. The summed E-state index contributed by atoms with van der Waals surface area (Å²) in [4.78, 5) is 0. The van der Waals surface area contributed by atoms with Crippen LogP contribution in [0.4, 0.5) is 0 Å². The third-order valence-electron chi connectivity index (χ3n) is 2.65. The molecule has 2 heteroatoms. The Balaban J connectivity index is 2.54. The van der Waals surface area contributed by atoms with Gasteiger partial charge in [-0.25, -0.2) is 0 Å². The van der Waals surface area contributed by atoms with Crippen molar-refractivity contribution in [2.45, 2.75) is 45.3 Å². The molecule has 0 amide bonds. The van der Waals surface area contributed by atoms with Gasteiger partial charge in [-0.15, -0.1) is 6.58 Å². The van der Waals surface area contributed by atoms with E-state index < -0.39 is 5.60 Å². The van der Waals surface area contributed by atoms with Gasteiger partial charge in [0.15, 0.2) is 0 Å². The zero-order chi connectivity index (χ0) is 12.9. The molecule has 0 aliphatic carbocycles. The van der Waals surface area contributed by atoms with Gasteiger partial charge in [-0.2, -0.15) is 0 Å². The van der Waals surface area contributed by atoms with E-state index in [1.807, 2.05) is 38.1 Å². The molecule has 1 aromatic carbocycles. The second-order valence-corrected chi connectivity index (χ2v) is 4.87. The Morgan fingerprint density at radius 3 is 2.41 bits per heavy atom. The minimum absolute atomic E-state index is 0.197. The average Bonchev–Trinajstić information content (AvgIpc) is 2.28. The molecule has 0 bridgehead atoms. The number of aryl methyl sites for hydroxylation is 1. The maximum atomic E-state index is 9.82. The molecule has 17 heavy (non-hydrogen) atoms. The largest absolute Gasteiger partial charge is 0.491 e. The third-order valence-corrected chi connectivity index (χ3v) is 2.65. The van der Waals surface area contributed by atoms with E-state index in [1.54, 1.807) is 13.0 Å². The molecule has 0 aliphatic heterocycles. The van der Waals surface area contributed by atoms with Crippen molar-refractivity contribution in [3.63, 3.8) is 0 Å². The smallest absolute Gasteiger partial charge is 0.119 e. The molecule has 0 aromatic heterocycles. The van der Waals surface area contributed by atoms with Gasteiger partial charge in [-0.05, 0) is 51.3 Å². The van der Waals surface area contributed by atoms with Crippen LogP contribution in [0.1, 0.15) is 32.8 Å². The molecule has 2 nitrogen and oxygen atoms in total. The van der Waals surface area contributed by atoms with E-state index >= 15 is 0 Å². The highest BCUT2D eigenvalue weighted by Gasteiger charge is 2.14. The van der Waals surface area contributed by atoms with Crippen LogP contribution in [0.25, 0.3) is 0 Å². The second-order valence-electron chi connectivity index (χ2n) is 4.87. The van der Waals surface area contributed by atoms with Gasteiger partial charge >= 0.3 is 0 Å². The minimum atomic E-state index is -0.785. The molecule has 94 valence electrons. The Bertz CT molecular complexity index is 350. The summed E-state index contributed by atoms with van der Waals surface area (Å²) in [5, 5.41) is 9.82. The lowest BCUT2D eigenvalue weighted by molar-refractivity contribution is 0.103. The molecule has 0 radical (unpaired) electrons. The van der Waals surface area contributed by atoms with Crippen molar-refractivity contribution in [1.29, 1.82) is 0 Å². The molecule has 0 heterocycles. The number of benzene rings is 1. The topological polar surface area (TPSA) is 29.5 Å². The highest BCUT2D eigenvalue weighted by atomic mass is 16.5. The first-order valence-electron chi connectivity index (χ1n) is 6.04. The summed E-state index contributed by atoms with van der Waals surface area (Å²) in [7, 11) is 0. The van der Waals surface area contributed by atoms with Crippen molar-refractivity contribution in [3.8, 4) is 5.75 Å². The van der Waals surface area contributed by atoms with Crippen molar-refractivity contribution in [2.24, 2.45) is 0 Å². The van der Waals surface area contributed by atoms with E-state index in [2.05, 4.69) is 6.58 Å². The normalized spacial score (nSPS) is 14.4. The van der Waals surface area contributed by atoms with Crippen LogP contribution in [0.15, 0.2) is 36.9 Å². The van der Waals surface area contributed by atoms with Crippen LogP contribution >= 0.6 is 0 Å². The van der Waals surface area contributed by atoms with E-state index in [4.69, 9.17) is 4.74 Å². The first kappa shape index (κ1) is 13.8. The summed E-state index contributed by atoms with van der Waals surface area (Å²) in [5.74, 6) is 0.888. The lowest BCUT2D eigenvalue weighted by Crippen LogP contribution is -2.20. The molecule has 1 unspecified atom stereocenters. The molecule has 1 N–H and O–H groups in total. The van der Waals surface area contributed by atoms with Gasteiger partial charge in [0.1, 0.15) is 5.75 Å². The monoisotopic (exact) mass is 234 g/mol. The molecule has 0 aliphatic rings. The maximum Gasteiger partial charge on any atom is 0.119 e. The average molecular weight is 234 g/mol. The van der Waals surface area contributed by atoms with Gasteiger partial charge in [0.05, 0.1) is 11.7 Å². The lowest BCUT2D eigenvalue weighted by Gasteiger charge is -2.18. The minimum Gasteiger partial charge on any atom is -0.491 e. The highest BCUT2D eigenvalue weighted by Crippen LogP contribution is 2.18. The standard InChI is InChI=1S/C15H22O2/c1-5-15(4,16)11-10-13-6-8-14(9-7-13)17-12(2)3/h5-9,12,16H,1,10-11H2,2-4H3. The van der Waals surface area contributed by atoms with E-state index in [1.165, 1.54) is 5.56 Å². The van der Waals surface area contributed by atoms with Crippen molar-refractivity contribution < 1.29 is 9.84 Å². The SMILES string of the molecule is C=CC(C)(O)CCc1ccc(OC(C)C)cc1. The molecule has 1 aromatic rings. The quantitative estimate of drug-likeness (QED) is 0.765. The maximum absolute atomic E-state index is 9.82. The molecule has 0 saturated heterocycles. The van der Waals surface area contributed by atoms with Crippen LogP contribution < -0.4 is 4.74 Å². The predicted octanol–water partition coefficient (Wildman–Crippen LogP) is 3.34. The fourth-order valence-corrected chi connectivity index (χ4v) is 1.51. The van der Waals surface area contributed by atoms with E-state index in [9.17, 15) is 5.11 Å². The fraction of sp³-hybridized carbons (Fsp3) is 0.467. The zero-order valence-electron chi connectivity index (χ0n) is 10.9. The van der Waals surface area contributed by atoms with Crippen molar-refractivity contribution >= 4 is 0 Å². The zero-order valence-corrected chi connectivity index (χ0v) is 10.9. The number of rotatable bonds is 6. The summed E-state index contributed by atoms with van der Waals surface area (Å²) >= 11 is 0. The van der Waals surface area contributed by atoms with Gasteiger partial charge in [0.25, 0.3) is 0 Å². The molecule has 1 atom stereocenters. The number of aliphatic hydroxyl groups is 1. The van der Waals surface area contributed by atoms with Crippen molar-refractivity contribution in [3.05, 3.63) is 42.5 Å². The Hall–Kier alpha value is -1.28. The second kappa shape index (κ2) is 5.87. The summed E-state index contributed by atoms with van der Waals surface area (Å²) in [5.41, 5.74) is 0.413. The van der Waals surface area contributed by atoms with Crippen molar-refractivity contribution in [1.82, 2.24) is 0 Å². The summed E-state index contributed by atoms with van der Waals surface area (Å²) in [6.45, 7) is 9.41. The van der Waals surface area contributed by atoms with Crippen LogP contribution in [-0.4, -0.2) is 16.8 Å². The van der Waals surface area contributed by atoms with E-state index in [0.717, 1.165) is 12.2 Å². The number of hydrogen-bond acceptors (Lipinski definition) is 2. The molecule has 0 spiro atoms. The van der Waals surface area contributed by atoms with Crippen LogP contribution in [0, 0.1) is 0 Å². The summed E-state index contributed by atoms with van der Waals surface area (Å²) in [6.07, 6.45) is 3.30. The predicted molar refractivity (Wildman–Crippen MR) is 71.3 cm³/mol. The Morgan fingerprint density at radius 1 is 1.35 bits per heavy atom. The van der Waals surface area contributed by atoms with Crippen molar-refractivity contribution in [2.75, 3.05) is 0 Å². The van der Waals surface area contributed by atoms with Gasteiger partial charge in [-0.1, -0.05) is 18.2 Å². The molecular weight excluding hydrogens is 212 g/mol. The third kappa shape index (κ3) is 5.05. The van der Waals surface area contributed by atoms with E-state index in [0.29, 0.717) is 6.42 Å². The fourth-order valence-electron chi connectivity index (χ4n) is 1.51. The molecule has 1 rings (SSSR count). The van der Waals surface area contributed by atoms with Gasteiger partial charge in [0, 0.05) is 0 Å². The highest BCUT2D eigenvalue weighted by molar-refractivity contribution is 5.27. The Morgan fingerprint density at radius 2 is 1.94 bits per heavy atom. The summed E-state index contributed by atoms with van der Waals surface area (Å²) < 4.78 is 5.57. The van der Waals surface area contributed by atoms with Crippen LogP contribution in [0.2, 0.25) is 0 Å². The van der Waals surface area contributed by atoms with Crippen LogP contribution in [-0.2, 0) is 6.42 Å². The molecular formula is C15H22O2. The van der Waals surface area contributed by atoms with E-state index in [-0.39, 0.29) is 6.10 Å². The van der Waals surface area contributed by atoms with Gasteiger partial charge < -0.3 is 9.84 Å². The lowest BCUT2D eigenvalue weighted by atomic mass is 9.97.